The Balaban J connectivity index is 1.79. The fourth-order valence-corrected chi connectivity index (χ4v) is 5.33. The van der Waals surface area contributed by atoms with Crippen LogP contribution in [0.4, 0.5) is 9.39 Å². The van der Waals surface area contributed by atoms with Gasteiger partial charge in [-0.05, 0) is 63.5 Å². The molecular weight excluding hydrogens is 395 g/mol. The fourth-order valence-electron chi connectivity index (χ4n) is 4.24. The van der Waals surface area contributed by atoms with Gasteiger partial charge in [-0.25, -0.2) is 4.39 Å². The molecule has 0 bridgehead atoms. The van der Waals surface area contributed by atoms with Crippen LogP contribution in [0.3, 0.4) is 0 Å². The summed E-state index contributed by atoms with van der Waals surface area (Å²) in [6, 6.07) is 16.1. The standard InChI is InChI=1S/C25H27FN2OS/c1-17-18(2)30-25(27-24(29)19-11-5-3-6-12-19)22(17)23(28-15-9-4-10-16-28)20-13-7-8-14-21(20)26/h3,5-8,11-14,23H,4,9-10,15-16H2,1-2H3,(H,27,29). The van der Waals surface area contributed by atoms with Gasteiger partial charge in [-0.3, -0.25) is 9.69 Å². The van der Waals surface area contributed by atoms with E-state index in [1.165, 1.54) is 12.5 Å². The molecular formula is C25H27FN2OS. The lowest BCUT2D eigenvalue weighted by Gasteiger charge is -2.36. The van der Waals surface area contributed by atoms with Crippen molar-refractivity contribution in [2.75, 3.05) is 18.4 Å². The van der Waals surface area contributed by atoms with Crippen LogP contribution in [0.1, 0.15) is 57.2 Å². The Morgan fingerprint density at radius 1 is 1.00 bits per heavy atom. The minimum Gasteiger partial charge on any atom is -0.313 e. The molecule has 1 aromatic heterocycles. The molecule has 2 heterocycles. The zero-order chi connectivity index (χ0) is 21.1. The maximum atomic E-state index is 15.0. The normalized spacial score (nSPS) is 15.7. The van der Waals surface area contributed by atoms with Crippen LogP contribution in [0.2, 0.25) is 0 Å². The molecule has 1 amide bonds. The third-order valence-corrected chi connectivity index (χ3v) is 7.06. The van der Waals surface area contributed by atoms with Gasteiger partial charge in [-0.1, -0.05) is 42.8 Å². The second-order valence-corrected chi connectivity index (χ2v) is 9.09. The Morgan fingerprint density at radius 2 is 1.67 bits per heavy atom. The van der Waals surface area contributed by atoms with Gasteiger partial charge in [0.1, 0.15) is 10.8 Å². The molecule has 1 aliphatic heterocycles. The van der Waals surface area contributed by atoms with Crippen LogP contribution in [0.15, 0.2) is 54.6 Å². The molecule has 156 valence electrons. The Kier molecular flexibility index (Phi) is 6.30. The lowest BCUT2D eigenvalue weighted by Crippen LogP contribution is -2.35. The largest absolute Gasteiger partial charge is 0.313 e. The van der Waals surface area contributed by atoms with Crippen LogP contribution < -0.4 is 5.32 Å². The lowest BCUT2D eigenvalue weighted by molar-refractivity contribution is 0.102. The Morgan fingerprint density at radius 3 is 2.37 bits per heavy atom. The minimum atomic E-state index is -0.206. The molecule has 4 rings (SSSR count). The van der Waals surface area contributed by atoms with Crippen LogP contribution >= 0.6 is 11.3 Å². The van der Waals surface area contributed by atoms with Crippen LogP contribution in [0.5, 0.6) is 0 Å². The van der Waals surface area contributed by atoms with Gasteiger partial charge in [-0.2, -0.15) is 0 Å². The number of hydrogen-bond acceptors (Lipinski definition) is 3. The van der Waals surface area contributed by atoms with Crippen molar-refractivity contribution in [3.63, 3.8) is 0 Å². The zero-order valence-electron chi connectivity index (χ0n) is 17.5. The van der Waals surface area contributed by atoms with Gasteiger partial charge in [-0.15, -0.1) is 11.3 Å². The number of carbonyl (C=O) groups excluding carboxylic acids is 1. The number of amides is 1. The summed E-state index contributed by atoms with van der Waals surface area (Å²) in [7, 11) is 0. The molecule has 3 nitrogen and oxygen atoms in total. The molecule has 0 aliphatic carbocycles. The highest BCUT2D eigenvalue weighted by Gasteiger charge is 2.31. The van der Waals surface area contributed by atoms with E-state index in [1.54, 1.807) is 29.5 Å². The van der Waals surface area contributed by atoms with Crippen LogP contribution in [0, 0.1) is 19.7 Å². The summed E-state index contributed by atoms with van der Waals surface area (Å²) >= 11 is 1.58. The number of piperidine rings is 1. The van der Waals surface area contributed by atoms with Gasteiger partial charge in [0.05, 0.1) is 6.04 Å². The highest BCUT2D eigenvalue weighted by Crippen LogP contribution is 2.43. The first kappa shape index (κ1) is 20.8. The highest BCUT2D eigenvalue weighted by molar-refractivity contribution is 7.16. The molecule has 1 atom stereocenters. The third kappa shape index (κ3) is 4.18. The molecule has 1 N–H and O–H groups in total. The number of nitrogens with zero attached hydrogens (tertiary/aromatic N) is 1. The first-order valence-electron chi connectivity index (χ1n) is 10.5. The van der Waals surface area contributed by atoms with E-state index in [0.29, 0.717) is 11.1 Å². The minimum absolute atomic E-state index is 0.135. The quantitative estimate of drug-likeness (QED) is 0.521. The van der Waals surface area contributed by atoms with Gasteiger partial charge in [0, 0.05) is 21.6 Å². The molecule has 1 unspecified atom stereocenters. The maximum Gasteiger partial charge on any atom is 0.256 e. The van der Waals surface area contributed by atoms with E-state index >= 15 is 0 Å². The summed E-state index contributed by atoms with van der Waals surface area (Å²) in [4.78, 5) is 16.4. The van der Waals surface area contributed by atoms with Crippen LogP contribution in [-0.4, -0.2) is 23.9 Å². The van der Waals surface area contributed by atoms with Crippen molar-refractivity contribution in [2.45, 2.75) is 39.2 Å². The zero-order valence-corrected chi connectivity index (χ0v) is 18.3. The predicted octanol–water partition coefficient (Wildman–Crippen LogP) is 6.33. The fraction of sp³-hybridized carbons (Fsp3) is 0.320. The number of thiophene rings is 1. The van der Waals surface area contributed by atoms with E-state index in [4.69, 9.17) is 0 Å². The van der Waals surface area contributed by atoms with Gasteiger partial charge in [0.25, 0.3) is 5.91 Å². The van der Waals surface area contributed by atoms with E-state index < -0.39 is 0 Å². The number of nitrogens with one attached hydrogen (secondary N) is 1. The van der Waals surface area contributed by atoms with Crippen molar-refractivity contribution in [3.05, 3.63) is 87.5 Å². The van der Waals surface area contributed by atoms with Gasteiger partial charge in [0.15, 0.2) is 0 Å². The molecule has 3 aromatic rings. The number of aryl methyl sites for hydroxylation is 1. The first-order chi connectivity index (χ1) is 14.6. The molecule has 30 heavy (non-hydrogen) atoms. The molecule has 2 aromatic carbocycles. The molecule has 1 fully saturated rings. The summed E-state index contributed by atoms with van der Waals surface area (Å²) in [6.45, 7) is 6.01. The molecule has 5 heteroatoms. The van der Waals surface area contributed by atoms with Gasteiger partial charge < -0.3 is 5.32 Å². The van der Waals surface area contributed by atoms with E-state index in [0.717, 1.165) is 46.9 Å². The molecule has 0 radical (unpaired) electrons. The van der Waals surface area contributed by atoms with Gasteiger partial charge in [0.2, 0.25) is 0 Å². The second kappa shape index (κ2) is 9.11. The summed E-state index contributed by atoms with van der Waals surface area (Å²) in [5, 5.41) is 3.95. The van der Waals surface area contributed by atoms with Gasteiger partial charge >= 0.3 is 0 Å². The third-order valence-electron chi connectivity index (χ3n) is 5.92. The monoisotopic (exact) mass is 422 g/mol. The van der Waals surface area contributed by atoms with Crippen molar-refractivity contribution in [2.24, 2.45) is 0 Å². The number of anilines is 1. The van der Waals surface area contributed by atoms with E-state index in [2.05, 4.69) is 24.1 Å². The van der Waals surface area contributed by atoms with Crippen LogP contribution in [0.25, 0.3) is 0 Å². The van der Waals surface area contributed by atoms with Crippen LogP contribution in [-0.2, 0) is 0 Å². The predicted molar refractivity (Wildman–Crippen MR) is 122 cm³/mol. The number of benzene rings is 2. The van der Waals surface area contributed by atoms with Crippen molar-refractivity contribution >= 4 is 22.2 Å². The number of carbonyl (C=O) groups is 1. The number of hydrogen-bond donors (Lipinski definition) is 1. The molecule has 0 spiro atoms. The summed E-state index contributed by atoms with van der Waals surface area (Å²) in [6.07, 6.45) is 3.43. The summed E-state index contributed by atoms with van der Waals surface area (Å²) < 4.78 is 15.0. The Labute approximate surface area is 181 Å². The van der Waals surface area contributed by atoms with E-state index in [-0.39, 0.29) is 17.8 Å². The number of rotatable bonds is 5. The summed E-state index contributed by atoms with van der Waals surface area (Å²) in [5.74, 6) is -0.333. The highest BCUT2D eigenvalue weighted by atomic mass is 32.1. The maximum absolute atomic E-state index is 15.0. The SMILES string of the molecule is Cc1sc(NC(=O)c2ccccc2)c(C(c2ccccc2F)N2CCCCC2)c1C. The molecule has 1 aliphatic rings. The summed E-state index contributed by atoms with van der Waals surface area (Å²) in [5.41, 5.74) is 3.44. The smallest absolute Gasteiger partial charge is 0.256 e. The number of halogens is 1. The van der Waals surface area contributed by atoms with Crippen molar-refractivity contribution < 1.29 is 9.18 Å². The topological polar surface area (TPSA) is 32.3 Å². The Hall–Kier alpha value is -2.50. The first-order valence-corrected chi connectivity index (χ1v) is 11.3. The van der Waals surface area contributed by atoms with Crippen molar-refractivity contribution in [3.8, 4) is 0 Å². The average molecular weight is 423 g/mol. The average Bonchev–Trinajstić information content (AvgIpc) is 3.04. The Bertz CT molecular complexity index is 1020. The molecule has 0 saturated carbocycles. The lowest BCUT2D eigenvalue weighted by atomic mass is 9.92. The van der Waals surface area contributed by atoms with E-state index in [9.17, 15) is 9.18 Å². The van der Waals surface area contributed by atoms with Crippen molar-refractivity contribution in [1.29, 1.82) is 0 Å². The molecule has 1 saturated heterocycles. The van der Waals surface area contributed by atoms with E-state index in [1.807, 2.05) is 30.3 Å². The second-order valence-electron chi connectivity index (χ2n) is 7.87. The van der Waals surface area contributed by atoms with Crippen molar-refractivity contribution in [1.82, 2.24) is 4.90 Å². The number of likely N-dealkylation sites (tertiary alicyclic amines) is 1.